The molecule has 1 fully saturated rings. The standard InChI is InChI=1S/C24H26N2O7/c1-13-21(24(28)33-14-6-3-2-4-7-14)22(23-16(25-13)8-5-9-18(23)27)15-10-19-20(32-12-31-19)11-17(15)26(29)30/h10-11,14,22,25H,2-9,12H2,1H3/t22-/m0/s1. The largest absolute Gasteiger partial charge is 0.459 e. The van der Waals surface area contributed by atoms with Crippen LogP contribution in [0.4, 0.5) is 5.69 Å². The summed E-state index contributed by atoms with van der Waals surface area (Å²) in [5.74, 6) is -0.919. The molecule has 0 bridgehead atoms. The average Bonchev–Trinajstić information content (AvgIpc) is 3.25. The van der Waals surface area contributed by atoms with Crippen molar-refractivity contribution in [2.45, 2.75) is 70.3 Å². The number of ketones is 1. The molecule has 33 heavy (non-hydrogen) atoms. The third kappa shape index (κ3) is 3.85. The van der Waals surface area contributed by atoms with E-state index in [1.807, 2.05) is 0 Å². The van der Waals surface area contributed by atoms with Crippen LogP contribution in [0.3, 0.4) is 0 Å². The van der Waals surface area contributed by atoms with Crippen LogP contribution >= 0.6 is 0 Å². The highest BCUT2D eigenvalue weighted by Gasteiger charge is 2.43. The second-order valence-electron chi connectivity index (χ2n) is 8.95. The maximum Gasteiger partial charge on any atom is 0.337 e. The van der Waals surface area contributed by atoms with Crippen molar-refractivity contribution in [2.24, 2.45) is 0 Å². The number of allylic oxidation sites excluding steroid dienone is 3. The van der Waals surface area contributed by atoms with E-state index in [-0.39, 0.29) is 41.3 Å². The van der Waals surface area contributed by atoms with Crippen LogP contribution in [-0.4, -0.2) is 29.6 Å². The minimum absolute atomic E-state index is 0.0412. The number of Topliss-reactive ketones (excluding diaryl/α,β-unsaturated/α-hetero) is 1. The molecule has 0 unspecified atom stereocenters. The third-order valence-electron chi connectivity index (χ3n) is 6.85. The van der Waals surface area contributed by atoms with E-state index < -0.39 is 16.8 Å². The van der Waals surface area contributed by atoms with Crippen LogP contribution in [0.15, 0.2) is 34.7 Å². The molecular weight excluding hydrogens is 428 g/mol. The summed E-state index contributed by atoms with van der Waals surface area (Å²) < 4.78 is 16.7. The Labute approximate surface area is 190 Å². The highest BCUT2D eigenvalue weighted by Crippen LogP contribution is 2.49. The number of nitrogens with one attached hydrogen (secondary N) is 1. The van der Waals surface area contributed by atoms with E-state index in [0.717, 1.165) is 37.8 Å². The van der Waals surface area contributed by atoms with Crippen molar-refractivity contribution < 1.29 is 28.7 Å². The molecule has 4 aliphatic rings. The number of nitrogens with zero attached hydrogens (tertiary/aromatic N) is 1. The van der Waals surface area contributed by atoms with Gasteiger partial charge in [0.05, 0.1) is 22.5 Å². The molecule has 0 spiro atoms. The lowest BCUT2D eigenvalue weighted by atomic mass is 9.74. The lowest BCUT2D eigenvalue weighted by molar-refractivity contribution is -0.385. The molecule has 1 aromatic rings. The number of hydrogen-bond donors (Lipinski definition) is 1. The van der Waals surface area contributed by atoms with Gasteiger partial charge in [-0.1, -0.05) is 6.42 Å². The zero-order valence-electron chi connectivity index (χ0n) is 18.5. The number of dihydropyridines is 1. The predicted octanol–water partition coefficient (Wildman–Crippen LogP) is 4.17. The van der Waals surface area contributed by atoms with Crippen molar-refractivity contribution in [3.63, 3.8) is 0 Å². The zero-order valence-corrected chi connectivity index (χ0v) is 18.5. The van der Waals surface area contributed by atoms with Crippen LogP contribution in [0.2, 0.25) is 0 Å². The van der Waals surface area contributed by atoms with Crippen molar-refractivity contribution in [1.29, 1.82) is 0 Å². The second kappa shape index (κ2) is 8.53. The lowest BCUT2D eigenvalue weighted by Gasteiger charge is -2.34. The fourth-order valence-corrected chi connectivity index (χ4v) is 5.30. The monoisotopic (exact) mass is 454 g/mol. The van der Waals surface area contributed by atoms with Crippen LogP contribution in [0.1, 0.15) is 69.8 Å². The Morgan fingerprint density at radius 2 is 1.85 bits per heavy atom. The number of carbonyl (C=O) groups excluding carboxylic acids is 2. The predicted molar refractivity (Wildman–Crippen MR) is 117 cm³/mol. The highest BCUT2D eigenvalue weighted by molar-refractivity contribution is 6.04. The summed E-state index contributed by atoms with van der Waals surface area (Å²) in [6.45, 7) is 1.71. The van der Waals surface area contributed by atoms with E-state index in [2.05, 4.69) is 5.32 Å². The Bertz CT molecular complexity index is 1100. The summed E-state index contributed by atoms with van der Waals surface area (Å²) in [5, 5.41) is 15.3. The minimum Gasteiger partial charge on any atom is -0.459 e. The summed E-state index contributed by atoms with van der Waals surface area (Å²) in [4.78, 5) is 38.1. The zero-order chi connectivity index (χ0) is 23.1. The van der Waals surface area contributed by atoms with Gasteiger partial charge in [-0.2, -0.15) is 0 Å². The molecule has 2 heterocycles. The number of carbonyl (C=O) groups is 2. The van der Waals surface area contributed by atoms with E-state index in [1.165, 1.54) is 12.1 Å². The van der Waals surface area contributed by atoms with E-state index >= 15 is 0 Å². The molecule has 0 aromatic heterocycles. The molecule has 0 radical (unpaired) electrons. The lowest BCUT2D eigenvalue weighted by Crippen LogP contribution is -2.35. The smallest absolute Gasteiger partial charge is 0.337 e. The molecule has 0 amide bonds. The number of fused-ring (bicyclic) bond motifs is 1. The average molecular weight is 454 g/mol. The van der Waals surface area contributed by atoms with Gasteiger partial charge in [-0.05, 0) is 51.5 Å². The normalized spacial score (nSPS) is 22.7. The number of benzene rings is 1. The summed E-state index contributed by atoms with van der Waals surface area (Å²) in [5.41, 5.74) is 1.95. The first-order valence-corrected chi connectivity index (χ1v) is 11.5. The Balaban J connectivity index is 1.64. The van der Waals surface area contributed by atoms with Crippen LogP contribution in [0, 0.1) is 10.1 Å². The fraction of sp³-hybridized carbons (Fsp3) is 0.500. The topological polar surface area (TPSA) is 117 Å². The van der Waals surface area contributed by atoms with Crippen LogP contribution in [0.25, 0.3) is 0 Å². The molecule has 9 heteroatoms. The molecule has 9 nitrogen and oxygen atoms in total. The second-order valence-corrected chi connectivity index (χ2v) is 8.95. The molecule has 1 saturated carbocycles. The number of nitro benzene ring substituents is 1. The first-order valence-electron chi connectivity index (χ1n) is 11.5. The van der Waals surface area contributed by atoms with Crippen molar-refractivity contribution in [3.05, 3.63) is 50.4 Å². The van der Waals surface area contributed by atoms with Crippen molar-refractivity contribution in [3.8, 4) is 11.5 Å². The third-order valence-corrected chi connectivity index (χ3v) is 6.85. The molecule has 2 aliphatic carbocycles. The van der Waals surface area contributed by atoms with Gasteiger partial charge in [0.1, 0.15) is 6.10 Å². The van der Waals surface area contributed by atoms with Crippen LogP contribution in [0.5, 0.6) is 11.5 Å². The molecule has 1 atom stereocenters. The number of hydrogen-bond acceptors (Lipinski definition) is 8. The molecule has 1 aromatic carbocycles. The maximum absolute atomic E-state index is 13.5. The van der Waals surface area contributed by atoms with Gasteiger partial charge < -0.3 is 19.5 Å². The Hall–Kier alpha value is -3.36. The molecule has 5 rings (SSSR count). The van der Waals surface area contributed by atoms with Crippen molar-refractivity contribution >= 4 is 17.4 Å². The highest BCUT2D eigenvalue weighted by atomic mass is 16.7. The summed E-state index contributed by atoms with van der Waals surface area (Å²) >= 11 is 0. The van der Waals surface area contributed by atoms with Gasteiger partial charge in [0.25, 0.3) is 5.69 Å². The number of rotatable bonds is 4. The number of esters is 1. The number of nitro groups is 1. The fourth-order valence-electron chi connectivity index (χ4n) is 5.30. The van der Waals surface area contributed by atoms with Gasteiger partial charge in [-0.15, -0.1) is 0 Å². The van der Waals surface area contributed by atoms with Crippen LogP contribution in [-0.2, 0) is 14.3 Å². The molecule has 2 aliphatic heterocycles. The molecule has 1 N–H and O–H groups in total. The molecule has 174 valence electrons. The first-order chi connectivity index (χ1) is 15.9. The first kappa shape index (κ1) is 21.5. The SMILES string of the molecule is CC1=C(C(=O)OC2CCCCC2)[C@H](c2cc3c(cc2[N+](=O)[O-])OCO3)C2=C(CCCC2=O)N1. The maximum atomic E-state index is 13.5. The van der Waals surface area contributed by atoms with Crippen molar-refractivity contribution in [1.82, 2.24) is 5.32 Å². The van der Waals surface area contributed by atoms with Gasteiger partial charge >= 0.3 is 5.97 Å². The quantitative estimate of drug-likeness (QED) is 0.409. The summed E-state index contributed by atoms with van der Waals surface area (Å²) in [7, 11) is 0. The van der Waals surface area contributed by atoms with Crippen LogP contribution < -0.4 is 14.8 Å². The Morgan fingerprint density at radius 3 is 2.58 bits per heavy atom. The van der Waals surface area contributed by atoms with E-state index in [1.54, 1.807) is 6.92 Å². The van der Waals surface area contributed by atoms with E-state index in [4.69, 9.17) is 14.2 Å². The van der Waals surface area contributed by atoms with Gasteiger partial charge in [0.2, 0.25) is 6.79 Å². The Kier molecular flexibility index (Phi) is 5.55. The summed E-state index contributed by atoms with van der Waals surface area (Å²) in [6.07, 6.45) is 6.19. The number of ether oxygens (including phenoxy) is 3. The Morgan fingerprint density at radius 1 is 1.12 bits per heavy atom. The van der Waals surface area contributed by atoms with E-state index in [9.17, 15) is 19.7 Å². The van der Waals surface area contributed by atoms with Gasteiger partial charge in [-0.25, -0.2) is 4.79 Å². The molecule has 0 saturated heterocycles. The summed E-state index contributed by atoms with van der Waals surface area (Å²) in [6, 6.07) is 2.84. The minimum atomic E-state index is -0.903. The van der Waals surface area contributed by atoms with Crippen molar-refractivity contribution in [2.75, 3.05) is 6.79 Å². The molecular formula is C24H26N2O7. The van der Waals surface area contributed by atoms with E-state index in [0.29, 0.717) is 36.3 Å². The van der Waals surface area contributed by atoms with Gasteiger partial charge in [0.15, 0.2) is 17.3 Å². The van der Waals surface area contributed by atoms with Gasteiger partial charge in [-0.3, -0.25) is 14.9 Å². The van der Waals surface area contributed by atoms with Gasteiger partial charge in [0, 0.05) is 29.0 Å².